The molecule has 3 rings (SSSR count). The monoisotopic (exact) mass is 453 g/mol. The van der Waals surface area contributed by atoms with Crippen LogP contribution >= 0.6 is 34.8 Å². The fraction of sp³-hybridized carbons (Fsp3) is 0.250. The first-order valence-corrected chi connectivity index (χ1v) is 11.7. The fourth-order valence-electron chi connectivity index (χ4n) is 2.84. The van der Waals surface area contributed by atoms with Gasteiger partial charge in [0.1, 0.15) is 4.90 Å². The van der Waals surface area contributed by atoms with Crippen LogP contribution in [-0.4, -0.2) is 39.5 Å². The molecule has 5 nitrogen and oxygen atoms in total. The normalized spacial score (nSPS) is 19.0. The molecule has 2 aromatic carbocycles. The van der Waals surface area contributed by atoms with Gasteiger partial charge in [-0.2, -0.15) is 4.31 Å². The lowest BCUT2D eigenvalue weighted by Crippen LogP contribution is -2.32. The molecule has 1 saturated heterocycles. The highest BCUT2D eigenvalue weighted by Gasteiger charge is 2.40. The average molecular weight is 455 g/mol. The van der Waals surface area contributed by atoms with E-state index in [9.17, 15) is 16.8 Å². The fourth-order valence-corrected chi connectivity index (χ4v) is 7.35. The average Bonchev–Trinajstić information content (AvgIpc) is 3.06. The Bertz CT molecular complexity index is 1020. The molecular weight excluding hydrogens is 441 g/mol. The molecular formula is C16H14Cl3NO4S2. The lowest BCUT2D eigenvalue weighted by atomic mass is 10.4. The van der Waals surface area contributed by atoms with Crippen molar-refractivity contribution in [2.75, 3.05) is 13.1 Å². The Hall–Kier alpha value is -0.830. The minimum Gasteiger partial charge on any atom is -0.223 e. The first kappa shape index (κ1) is 19.9. The molecule has 2 aromatic rings. The number of hydrogen-bond donors (Lipinski definition) is 0. The molecule has 1 atom stereocenters. The molecule has 0 saturated carbocycles. The highest BCUT2D eigenvalue weighted by molar-refractivity contribution is 7.92. The Morgan fingerprint density at radius 1 is 0.885 bits per heavy atom. The third-order valence-electron chi connectivity index (χ3n) is 4.21. The Morgan fingerprint density at radius 3 is 2.04 bits per heavy atom. The highest BCUT2D eigenvalue weighted by Crippen LogP contribution is 2.34. The van der Waals surface area contributed by atoms with Crippen LogP contribution in [0.3, 0.4) is 0 Å². The van der Waals surface area contributed by atoms with Gasteiger partial charge in [-0.1, -0.05) is 40.9 Å². The van der Waals surface area contributed by atoms with Crippen molar-refractivity contribution in [3.8, 4) is 0 Å². The van der Waals surface area contributed by atoms with Gasteiger partial charge < -0.3 is 0 Å². The van der Waals surface area contributed by atoms with Gasteiger partial charge in [0.2, 0.25) is 10.0 Å². The summed E-state index contributed by atoms with van der Waals surface area (Å²) in [7, 11) is -7.68. The van der Waals surface area contributed by atoms with Crippen molar-refractivity contribution < 1.29 is 16.8 Å². The largest absolute Gasteiger partial charge is 0.246 e. The molecule has 140 valence electrons. The second-order valence-corrected chi connectivity index (χ2v) is 11.2. The van der Waals surface area contributed by atoms with E-state index < -0.39 is 25.1 Å². The molecule has 0 bridgehead atoms. The maximum Gasteiger partial charge on any atom is 0.246 e. The highest BCUT2D eigenvalue weighted by atomic mass is 35.5. The summed E-state index contributed by atoms with van der Waals surface area (Å²) in [4.78, 5) is -0.0881. The molecule has 26 heavy (non-hydrogen) atoms. The van der Waals surface area contributed by atoms with Gasteiger partial charge in [0.05, 0.1) is 20.2 Å². The van der Waals surface area contributed by atoms with Gasteiger partial charge in [-0.3, -0.25) is 0 Å². The first-order valence-electron chi connectivity index (χ1n) is 7.57. The predicted octanol–water partition coefficient (Wildman–Crippen LogP) is 3.88. The molecule has 1 aliphatic heterocycles. The van der Waals surface area contributed by atoms with E-state index in [2.05, 4.69) is 0 Å². The Balaban J connectivity index is 1.90. The van der Waals surface area contributed by atoms with E-state index in [4.69, 9.17) is 34.8 Å². The number of nitrogens with zero attached hydrogens (tertiary/aromatic N) is 1. The zero-order valence-corrected chi connectivity index (χ0v) is 17.2. The van der Waals surface area contributed by atoms with Crippen LogP contribution in [0.4, 0.5) is 0 Å². The number of benzene rings is 2. The molecule has 0 amide bonds. The van der Waals surface area contributed by atoms with Crippen LogP contribution in [-0.2, 0) is 19.9 Å². The Kier molecular flexibility index (Phi) is 5.59. The number of sulfonamides is 1. The summed E-state index contributed by atoms with van der Waals surface area (Å²) in [5.74, 6) is 0. The predicted molar refractivity (Wildman–Crippen MR) is 102 cm³/mol. The van der Waals surface area contributed by atoms with Crippen molar-refractivity contribution in [3.63, 3.8) is 0 Å². The van der Waals surface area contributed by atoms with Gasteiger partial charge in [-0.25, -0.2) is 16.8 Å². The number of halogens is 3. The molecule has 10 heteroatoms. The van der Waals surface area contributed by atoms with Crippen molar-refractivity contribution in [1.82, 2.24) is 4.31 Å². The van der Waals surface area contributed by atoms with Crippen molar-refractivity contribution >= 4 is 54.7 Å². The third-order valence-corrected chi connectivity index (χ3v) is 9.47. The molecule has 0 spiro atoms. The molecule has 0 aromatic heterocycles. The van der Waals surface area contributed by atoms with Crippen LogP contribution in [0, 0.1) is 0 Å². The summed E-state index contributed by atoms with van der Waals surface area (Å²) in [6.07, 6.45) is 0.187. The number of sulfone groups is 1. The Labute approximate surface area is 167 Å². The van der Waals surface area contributed by atoms with Gasteiger partial charge in [0.25, 0.3) is 0 Å². The molecule has 1 aliphatic rings. The van der Waals surface area contributed by atoms with E-state index in [1.165, 1.54) is 36.4 Å². The van der Waals surface area contributed by atoms with Gasteiger partial charge in [0, 0.05) is 18.1 Å². The van der Waals surface area contributed by atoms with Gasteiger partial charge in [0.15, 0.2) is 9.84 Å². The molecule has 0 N–H and O–H groups in total. The van der Waals surface area contributed by atoms with Gasteiger partial charge in [-0.15, -0.1) is 0 Å². The summed E-state index contributed by atoms with van der Waals surface area (Å²) in [5.41, 5.74) is 0. The molecule has 1 heterocycles. The smallest absolute Gasteiger partial charge is 0.223 e. The van der Waals surface area contributed by atoms with E-state index in [1.807, 2.05) is 0 Å². The van der Waals surface area contributed by atoms with Crippen LogP contribution in [0.15, 0.2) is 52.3 Å². The zero-order valence-electron chi connectivity index (χ0n) is 13.3. The molecule has 0 aliphatic carbocycles. The maximum atomic E-state index is 12.9. The van der Waals surface area contributed by atoms with Crippen LogP contribution in [0.2, 0.25) is 15.1 Å². The van der Waals surface area contributed by atoms with Gasteiger partial charge in [-0.05, 0) is 42.8 Å². The third kappa shape index (κ3) is 3.61. The summed E-state index contributed by atoms with van der Waals surface area (Å²) < 4.78 is 52.4. The standard InChI is InChI=1S/C16H14Cl3NO4S2/c17-11-4-6-12(7-5-11)25(21,22)13-8-9-20(10-13)26(23,24)16-14(18)2-1-3-15(16)19/h1-7,13H,8-10H2. The van der Waals surface area contributed by atoms with Crippen LogP contribution in [0.5, 0.6) is 0 Å². The Morgan fingerprint density at radius 2 is 1.46 bits per heavy atom. The van der Waals surface area contributed by atoms with Crippen LogP contribution < -0.4 is 0 Å². The zero-order chi connectivity index (χ0) is 19.1. The van der Waals surface area contributed by atoms with Gasteiger partial charge >= 0.3 is 0 Å². The molecule has 1 unspecified atom stereocenters. The number of hydrogen-bond acceptors (Lipinski definition) is 4. The van der Waals surface area contributed by atoms with Crippen molar-refractivity contribution in [3.05, 3.63) is 57.5 Å². The lowest BCUT2D eigenvalue weighted by Gasteiger charge is -2.18. The van der Waals surface area contributed by atoms with E-state index >= 15 is 0 Å². The quantitative estimate of drug-likeness (QED) is 0.703. The summed E-state index contributed by atoms with van der Waals surface area (Å²) in [5, 5.41) is -0.421. The second-order valence-electron chi connectivity index (χ2n) is 5.82. The molecule has 1 fully saturated rings. The topological polar surface area (TPSA) is 71.5 Å². The minimum atomic E-state index is -4.00. The van der Waals surface area contributed by atoms with E-state index in [0.717, 1.165) is 4.31 Å². The SMILES string of the molecule is O=S(=O)(c1ccc(Cl)cc1)C1CCN(S(=O)(=O)c2c(Cl)cccc2Cl)C1. The van der Waals surface area contributed by atoms with Crippen molar-refractivity contribution in [2.24, 2.45) is 0 Å². The van der Waals surface area contributed by atoms with E-state index in [1.54, 1.807) is 6.07 Å². The van der Waals surface area contributed by atoms with Crippen molar-refractivity contribution in [1.29, 1.82) is 0 Å². The summed E-state index contributed by atoms with van der Waals surface area (Å²) >= 11 is 17.8. The minimum absolute atomic E-state index is 0.00140. The lowest BCUT2D eigenvalue weighted by molar-refractivity contribution is 0.476. The summed E-state index contributed by atoms with van der Waals surface area (Å²) in [6.45, 7) is -0.0871. The van der Waals surface area contributed by atoms with E-state index in [-0.39, 0.29) is 39.3 Å². The number of rotatable bonds is 4. The molecule has 0 radical (unpaired) electrons. The van der Waals surface area contributed by atoms with Crippen LogP contribution in [0.25, 0.3) is 0 Å². The maximum absolute atomic E-state index is 12.9. The van der Waals surface area contributed by atoms with E-state index in [0.29, 0.717) is 5.02 Å². The second kappa shape index (κ2) is 7.30. The van der Waals surface area contributed by atoms with Crippen molar-refractivity contribution in [2.45, 2.75) is 21.5 Å². The first-order chi connectivity index (χ1) is 12.1. The summed E-state index contributed by atoms with van der Waals surface area (Å²) in [6, 6.07) is 10.2. The van der Waals surface area contributed by atoms with Crippen LogP contribution in [0.1, 0.15) is 6.42 Å².